The minimum atomic E-state index is -0.113. The lowest BCUT2D eigenvalue weighted by atomic mass is 10.2. The zero-order valence-electron chi connectivity index (χ0n) is 17.3. The second-order valence-electron chi connectivity index (χ2n) is 6.51. The van der Waals surface area contributed by atoms with E-state index < -0.39 is 0 Å². The summed E-state index contributed by atoms with van der Waals surface area (Å²) in [6.45, 7) is 6.14. The number of amides is 1. The lowest BCUT2D eigenvalue weighted by Gasteiger charge is -2.12. The lowest BCUT2D eigenvalue weighted by molar-refractivity contribution is -0.118. The van der Waals surface area contributed by atoms with Gasteiger partial charge in [0.25, 0.3) is 0 Å². The summed E-state index contributed by atoms with van der Waals surface area (Å²) in [6.07, 6.45) is 1.63. The number of hydrogen-bond donors (Lipinski definition) is 1. The molecule has 0 aliphatic rings. The molecule has 0 radical (unpaired) electrons. The number of nitrogens with zero attached hydrogens (tertiary/aromatic N) is 3. The van der Waals surface area contributed by atoms with Crippen LogP contribution in [-0.4, -0.2) is 40.1 Å². The standard InChI is InChI=1S/C22H23ClN4O3S/c1-4-11-24-21(28)14-31-22-26-25-20(13-30-18-9-7-17(29-3)8-10-18)27(22)16-6-5-15(2)19(23)12-16/h4-10,12H,1,11,13-14H2,2-3H3,(H,24,28). The van der Waals surface area contributed by atoms with Crippen molar-refractivity contribution < 1.29 is 14.3 Å². The zero-order chi connectivity index (χ0) is 22.2. The molecule has 162 valence electrons. The second-order valence-corrected chi connectivity index (χ2v) is 7.86. The predicted molar refractivity (Wildman–Crippen MR) is 122 cm³/mol. The van der Waals surface area contributed by atoms with E-state index in [-0.39, 0.29) is 18.3 Å². The van der Waals surface area contributed by atoms with Gasteiger partial charge in [0.05, 0.1) is 18.6 Å². The van der Waals surface area contributed by atoms with Gasteiger partial charge >= 0.3 is 0 Å². The van der Waals surface area contributed by atoms with E-state index in [1.807, 2.05) is 54.0 Å². The number of halogens is 1. The molecule has 7 nitrogen and oxygen atoms in total. The van der Waals surface area contributed by atoms with E-state index in [1.54, 1.807) is 13.2 Å². The maximum absolute atomic E-state index is 12.0. The second kappa shape index (κ2) is 10.9. The molecule has 0 aliphatic heterocycles. The van der Waals surface area contributed by atoms with Crippen LogP contribution in [0.5, 0.6) is 11.5 Å². The van der Waals surface area contributed by atoms with Crippen molar-refractivity contribution in [3.05, 3.63) is 71.5 Å². The van der Waals surface area contributed by atoms with E-state index in [9.17, 15) is 4.79 Å². The SMILES string of the molecule is C=CCNC(=O)CSc1nnc(COc2ccc(OC)cc2)n1-c1ccc(C)c(Cl)c1. The van der Waals surface area contributed by atoms with Gasteiger partial charge in [0, 0.05) is 11.6 Å². The van der Waals surface area contributed by atoms with Gasteiger partial charge in [-0.25, -0.2) is 0 Å². The average Bonchev–Trinajstić information content (AvgIpc) is 3.19. The maximum Gasteiger partial charge on any atom is 0.230 e. The molecule has 0 fully saturated rings. The molecule has 1 amide bonds. The third-order valence-electron chi connectivity index (χ3n) is 4.32. The van der Waals surface area contributed by atoms with E-state index >= 15 is 0 Å². The van der Waals surface area contributed by atoms with Gasteiger partial charge in [-0.05, 0) is 48.9 Å². The Morgan fingerprint density at radius 2 is 1.97 bits per heavy atom. The molecule has 1 aromatic heterocycles. The first-order valence-corrected chi connectivity index (χ1v) is 10.9. The highest BCUT2D eigenvalue weighted by Gasteiger charge is 2.17. The fourth-order valence-corrected chi connectivity index (χ4v) is 3.63. The number of carbonyl (C=O) groups excluding carboxylic acids is 1. The Kier molecular flexibility index (Phi) is 7.97. The van der Waals surface area contributed by atoms with Gasteiger partial charge in [-0.2, -0.15) is 0 Å². The topological polar surface area (TPSA) is 78.3 Å². The van der Waals surface area contributed by atoms with Gasteiger partial charge in [0.1, 0.15) is 18.1 Å². The van der Waals surface area contributed by atoms with Crippen molar-refractivity contribution in [1.29, 1.82) is 0 Å². The van der Waals surface area contributed by atoms with Crippen LogP contribution in [0.15, 0.2) is 60.3 Å². The number of hydrogen-bond acceptors (Lipinski definition) is 6. The average molecular weight is 459 g/mol. The Hall–Kier alpha value is -2.97. The number of nitrogens with one attached hydrogen (secondary N) is 1. The minimum absolute atomic E-state index is 0.113. The quantitative estimate of drug-likeness (QED) is 0.362. The van der Waals surface area contributed by atoms with E-state index in [1.165, 1.54) is 11.8 Å². The summed E-state index contributed by atoms with van der Waals surface area (Å²) in [4.78, 5) is 12.0. The summed E-state index contributed by atoms with van der Waals surface area (Å²) in [7, 11) is 1.61. The van der Waals surface area contributed by atoms with Crippen LogP contribution >= 0.6 is 23.4 Å². The van der Waals surface area contributed by atoms with Crippen molar-refractivity contribution in [2.45, 2.75) is 18.7 Å². The van der Waals surface area contributed by atoms with Gasteiger partial charge in [0.15, 0.2) is 11.0 Å². The lowest BCUT2D eigenvalue weighted by Crippen LogP contribution is -2.25. The van der Waals surface area contributed by atoms with E-state index in [2.05, 4.69) is 22.1 Å². The van der Waals surface area contributed by atoms with Crippen LogP contribution in [0.3, 0.4) is 0 Å². The number of benzene rings is 2. The molecule has 1 N–H and O–H groups in total. The van der Waals surface area contributed by atoms with E-state index in [0.29, 0.717) is 28.3 Å². The number of aryl methyl sites for hydroxylation is 1. The molecule has 0 bridgehead atoms. The third-order valence-corrected chi connectivity index (χ3v) is 5.65. The molecule has 0 unspecified atom stereocenters. The molecule has 3 aromatic rings. The highest BCUT2D eigenvalue weighted by atomic mass is 35.5. The third kappa shape index (κ3) is 6.02. The van der Waals surface area contributed by atoms with Crippen molar-refractivity contribution in [1.82, 2.24) is 20.1 Å². The number of rotatable bonds is 10. The van der Waals surface area contributed by atoms with Crippen LogP contribution in [0.25, 0.3) is 5.69 Å². The summed E-state index contributed by atoms with van der Waals surface area (Å²) in [5, 5.41) is 12.5. The van der Waals surface area contributed by atoms with Gasteiger partial charge in [-0.15, -0.1) is 16.8 Å². The maximum atomic E-state index is 12.0. The van der Waals surface area contributed by atoms with Crippen LogP contribution in [0.2, 0.25) is 5.02 Å². The molecule has 1 heterocycles. The molecule has 31 heavy (non-hydrogen) atoms. The highest BCUT2D eigenvalue weighted by molar-refractivity contribution is 7.99. The summed E-state index contributed by atoms with van der Waals surface area (Å²) >= 11 is 7.63. The number of methoxy groups -OCH3 is 1. The molecule has 9 heteroatoms. The molecule has 0 atom stereocenters. The van der Waals surface area contributed by atoms with Gasteiger partial charge in [-0.1, -0.05) is 35.5 Å². The van der Waals surface area contributed by atoms with Crippen LogP contribution in [0, 0.1) is 6.92 Å². The van der Waals surface area contributed by atoms with Gasteiger partial charge in [-0.3, -0.25) is 9.36 Å². The predicted octanol–water partition coefficient (Wildman–Crippen LogP) is 4.21. The minimum Gasteiger partial charge on any atom is -0.497 e. The number of carbonyl (C=O) groups is 1. The molecular weight excluding hydrogens is 436 g/mol. The van der Waals surface area contributed by atoms with Crippen molar-refractivity contribution in [3.8, 4) is 17.2 Å². The van der Waals surface area contributed by atoms with Crippen LogP contribution < -0.4 is 14.8 Å². The normalized spacial score (nSPS) is 10.5. The Bertz CT molecular complexity index is 1050. The van der Waals surface area contributed by atoms with Crippen LogP contribution in [0.1, 0.15) is 11.4 Å². The molecular formula is C22H23ClN4O3S. The first-order chi connectivity index (χ1) is 15.0. The van der Waals surface area contributed by atoms with Crippen LogP contribution in [-0.2, 0) is 11.4 Å². The van der Waals surface area contributed by atoms with Crippen molar-refractivity contribution in [2.24, 2.45) is 0 Å². The first-order valence-electron chi connectivity index (χ1n) is 9.50. The summed E-state index contributed by atoms with van der Waals surface area (Å²) in [5.41, 5.74) is 1.76. The Labute approximate surface area is 190 Å². The van der Waals surface area contributed by atoms with Gasteiger partial charge in [0.2, 0.25) is 5.91 Å². The Morgan fingerprint density at radius 3 is 2.65 bits per heavy atom. The Morgan fingerprint density at radius 1 is 1.23 bits per heavy atom. The number of aromatic nitrogens is 3. The monoisotopic (exact) mass is 458 g/mol. The van der Waals surface area contributed by atoms with E-state index in [4.69, 9.17) is 21.1 Å². The molecule has 0 spiro atoms. The molecule has 0 saturated heterocycles. The number of thioether (sulfide) groups is 1. The molecule has 0 saturated carbocycles. The van der Waals surface area contributed by atoms with Gasteiger partial charge < -0.3 is 14.8 Å². The van der Waals surface area contributed by atoms with Crippen molar-refractivity contribution in [2.75, 3.05) is 19.4 Å². The fourth-order valence-electron chi connectivity index (χ4n) is 2.65. The molecule has 2 aromatic carbocycles. The first kappa shape index (κ1) is 22.7. The van der Waals surface area contributed by atoms with Crippen LogP contribution in [0.4, 0.5) is 0 Å². The van der Waals surface area contributed by atoms with Crippen molar-refractivity contribution in [3.63, 3.8) is 0 Å². The zero-order valence-corrected chi connectivity index (χ0v) is 18.9. The highest BCUT2D eigenvalue weighted by Crippen LogP contribution is 2.26. The summed E-state index contributed by atoms with van der Waals surface area (Å²) < 4.78 is 12.9. The summed E-state index contributed by atoms with van der Waals surface area (Å²) in [5.74, 6) is 2.10. The molecule has 0 aliphatic carbocycles. The fraction of sp³-hybridized carbons (Fsp3) is 0.227. The smallest absolute Gasteiger partial charge is 0.230 e. The van der Waals surface area contributed by atoms with Crippen molar-refractivity contribution >= 4 is 29.3 Å². The summed E-state index contributed by atoms with van der Waals surface area (Å²) in [6, 6.07) is 13.0. The largest absolute Gasteiger partial charge is 0.497 e. The van der Waals surface area contributed by atoms with E-state index in [0.717, 1.165) is 17.0 Å². The Balaban J connectivity index is 1.83. The molecule has 3 rings (SSSR count). The number of ether oxygens (including phenoxy) is 2.